The molecule has 1 aromatic heterocycles. The highest BCUT2D eigenvalue weighted by molar-refractivity contribution is 7.91. The molecule has 5 nitrogen and oxygen atoms in total. The molecule has 0 amide bonds. The highest BCUT2D eigenvalue weighted by atomic mass is 32.2. The lowest BCUT2D eigenvalue weighted by molar-refractivity contribution is 0.598. The summed E-state index contributed by atoms with van der Waals surface area (Å²) >= 11 is 0. The van der Waals surface area contributed by atoms with Crippen molar-refractivity contribution in [1.82, 2.24) is 4.98 Å². The number of pyridine rings is 1. The number of sulfone groups is 1. The molecule has 2 aliphatic rings. The molecule has 3 heterocycles. The molecular formula is C12H17N3O2S. The first-order valence-corrected chi connectivity index (χ1v) is 8.05. The Labute approximate surface area is 107 Å². The number of hydrogen-bond acceptors (Lipinski definition) is 5. The van der Waals surface area contributed by atoms with E-state index in [4.69, 9.17) is 0 Å². The number of hydrogen-bond donors (Lipinski definition) is 1. The minimum Gasteiger partial charge on any atom is -0.380 e. The number of nitrogens with one attached hydrogen (secondary N) is 1. The van der Waals surface area contributed by atoms with Crippen molar-refractivity contribution in [2.75, 3.05) is 34.8 Å². The SMILES string of the molecule is Cc1cnc2c(c1)NCCN2C1CCS(=O)(=O)C1. The van der Waals surface area contributed by atoms with Crippen molar-refractivity contribution in [2.24, 2.45) is 0 Å². The monoisotopic (exact) mass is 267 g/mol. The van der Waals surface area contributed by atoms with Gasteiger partial charge in [0.1, 0.15) is 0 Å². The molecular weight excluding hydrogens is 250 g/mol. The van der Waals surface area contributed by atoms with Crippen LogP contribution in [0.3, 0.4) is 0 Å². The van der Waals surface area contributed by atoms with Gasteiger partial charge in [0.05, 0.1) is 17.2 Å². The predicted molar refractivity (Wildman–Crippen MR) is 71.9 cm³/mol. The Hall–Kier alpha value is -1.30. The molecule has 2 aliphatic heterocycles. The molecule has 0 aromatic carbocycles. The third-order valence-corrected chi connectivity index (χ3v) is 5.34. The highest BCUT2D eigenvalue weighted by Gasteiger charge is 2.34. The van der Waals surface area contributed by atoms with E-state index in [-0.39, 0.29) is 11.8 Å². The average Bonchev–Trinajstić information content (AvgIpc) is 2.68. The van der Waals surface area contributed by atoms with Gasteiger partial charge in [0.25, 0.3) is 0 Å². The van der Waals surface area contributed by atoms with E-state index < -0.39 is 9.84 Å². The zero-order chi connectivity index (χ0) is 12.8. The Balaban J connectivity index is 1.92. The molecule has 3 rings (SSSR count). The molecule has 1 unspecified atom stereocenters. The van der Waals surface area contributed by atoms with E-state index in [0.717, 1.165) is 36.6 Å². The summed E-state index contributed by atoms with van der Waals surface area (Å²) in [5.41, 5.74) is 2.13. The summed E-state index contributed by atoms with van der Waals surface area (Å²) in [6.45, 7) is 3.67. The summed E-state index contributed by atoms with van der Waals surface area (Å²) in [6.07, 6.45) is 2.56. The molecule has 1 aromatic rings. The van der Waals surface area contributed by atoms with Crippen molar-refractivity contribution in [1.29, 1.82) is 0 Å². The van der Waals surface area contributed by atoms with Gasteiger partial charge in [-0.3, -0.25) is 0 Å². The van der Waals surface area contributed by atoms with Gasteiger partial charge in [0.2, 0.25) is 0 Å². The van der Waals surface area contributed by atoms with Crippen molar-refractivity contribution in [3.8, 4) is 0 Å². The van der Waals surface area contributed by atoms with E-state index in [1.165, 1.54) is 0 Å². The summed E-state index contributed by atoms with van der Waals surface area (Å²) in [4.78, 5) is 6.61. The van der Waals surface area contributed by atoms with Crippen LogP contribution in [0.4, 0.5) is 11.5 Å². The Morgan fingerprint density at radius 3 is 3.06 bits per heavy atom. The Morgan fingerprint density at radius 2 is 2.33 bits per heavy atom. The molecule has 98 valence electrons. The quantitative estimate of drug-likeness (QED) is 0.816. The van der Waals surface area contributed by atoms with Crippen LogP contribution in [0.5, 0.6) is 0 Å². The van der Waals surface area contributed by atoms with Gasteiger partial charge in [0.15, 0.2) is 15.7 Å². The van der Waals surface area contributed by atoms with Gasteiger partial charge in [-0.05, 0) is 25.0 Å². The minimum atomic E-state index is -2.85. The highest BCUT2D eigenvalue weighted by Crippen LogP contribution is 2.31. The summed E-state index contributed by atoms with van der Waals surface area (Å²) < 4.78 is 23.2. The second-order valence-electron chi connectivity index (χ2n) is 5.06. The number of aryl methyl sites for hydroxylation is 1. The predicted octanol–water partition coefficient (Wildman–Crippen LogP) is 0.809. The smallest absolute Gasteiger partial charge is 0.152 e. The zero-order valence-corrected chi connectivity index (χ0v) is 11.2. The minimum absolute atomic E-state index is 0.0889. The van der Waals surface area contributed by atoms with Crippen LogP contribution < -0.4 is 10.2 Å². The maximum Gasteiger partial charge on any atom is 0.152 e. The standard InChI is InChI=1S/C12H17N3O2S/c1-9-6-11-12(14-7-9)15(4-3-13-11)10-2-5-18(16,17)8-10/h6-7,10,13H,2-5,8H2,1H3. The molecule has 1 fully saturated rings. The second-order valence-corrected chi connectivity index (χ2v) is 7.29. The normalized spacial score (nSPS) is 25.6. The Morgan fingerprint density at radius 1 is 1.50 bits per heavy atom. The fourth-order valence-electron chi connectivity index (χ4n) is 2.71. The number of rotatable bonds is 1. The fraction of sp³-hybridized carbons (Fsp3) is 0.583. The van der Waals surface area contributed by atoms with Gasteiger partial charge < -0.3 is 10.2 Å². The van der Waals surface area contributed by atoms with Crippen LogP contribution in [-0.2, 0) is 9.84 Å². The first-order valence-electron chi connectivity index (χ1n) is 6.23. The van der Waals surface area contributed by atoms with Crippen LogP contribution in [-0.4, -0.2) is 44.0 Å². The number of anilines is 2. The molecule has 0 radical (unpaired) electrons. The molecule has 0 bridgehead atoms. The summed E-state index contributed by atoms with van der Waals surface area (Å²) in [6, 6.07) is 2.16. The van der Waals surface area contributed by atoms with Gasteiger partial charge in [-0.1, -0.05) is 0 Å². The van der Waals surface area contributed by atoms with E-state index in [1.807, 2.05) is 13.1 Å². The molecule has 6 heteroatoms. The Bertz CT molecular complexity index is 571. The molecule has 0 spiro atoms. The maximum atomic E-state index is 11.6. The van der Waals surface area contributed by atoms with E-state index in [1.54, 1.807) is 0 Å². The van der Waals surface area contributed by atoms with E-state index in [0.29, 0.717) is 5.75 Å². The van der Waals surface area contributed by atoms with Crippen molar-refractivity contribution >= 4 is 21.3 Å². The second kappa shape index (κ2) is 4.12. The van der Waals surface area contributed by atoms with Gasteiger partial charge in [-0.25, -0.2) is 13.4 Å². The summed E-state index contributed by atoms with van der Waals surface area (Å²) in [7, 11) is -2.85. The third kappa shape index (κ3) is 2.05. The maximum absolute atomic E-state index is 11.6. The lowest BCUT2D eigenvalue weighted by atomic mass is 10.1. The molecule has 0 saturated carbocycles. The molecule has 1 saturated heterocycles. The largest absolute Gasteiger partial charge is 0.380 e. The van der Waals surface area contributed by atoms with Crippen molar-refractivity contribution in [3.05, 3.63) is 17.8 Å². The van der Waals surface area contributed by atoms with Crippen molar-refractivity contribution < 1.29 is 8.42 Å². The van der Waals surface area contributed by atoms with Gasteiger partial charge in [-0.2, -0.15) is 0 Å². The fourth-order valence-corrected chi connectivity index (χ4v) is 4.45. The van der Waals surface area contributed by atoms with E-state index in [9.17, 15) is 8.42 Å². The Kier molecular flexibility index (Phi) is 2.69. The van der Waals surface area contributed by atoms with Crippen LogP contribution in [0.25, 0.3) is 0 Å². The first-order chi connectivity index (χ1) is 8.55. The van der Waals surface area contributed by atoms with Crippen LogP contribution in [0, 0.1) is 6.92 Å². The summed E-state index contributed by atoms with van der Waals surface area (Å²) in [5, 5.41) is 3.32. The average molecular weight is 267 g/mol. The number of aromatic nitrogens is 1. The summed E-state index contributed by atoms with van der Waals surface area (Å²) in [5.74, 6) is 1.47. The molecule has 18 heavy (non-hydrogen) atoms. The van der Waals surface area contributed by atoms with Gasteiger partial charge in [0, 0.05) is 25.3 Å². The molecule has 0 aliphatic carbocycles. The van der Waals surface area contributed by atoms with Gasteiger partial charge >= 0.3 is 0 Å². The van der Waals surface area contributed by atoms with Crippen molar-refractivity contribution in [3.63, 3.8) is 0 Å². The third-order valence-electron chi connectivity index (χ3n) is 3.59. The lowest BCUT2D eigenvalue weighted by Gasteiger charge is -2.35. The number of fused-ring (bicyclic) bond motifs is 1. The molecule has 1 atom stereocenters. The number of nitrogens with zero attached hydrogens (tertiary/aromatic N) is 2. The first kappa shape index (κ1) is 11.8. The van der Waals surface area contributed by atoms with Crippen LogP contribution in [0.1, 0.15) is 12.0 Å². The van der Waals surface area contributed by atoms with Crippen molar-refractivity contribution in [2.45, 2.75) is 19.4 Å². The van der Waals surface area contributed by atoms with E-state index in [2.05, 4.69) is 21.3 Å². The molecule has 1 N–H and O–H groups in total. The van der Waals surface area contributed by atoms with Gasteiger partial charge in [-0.15, -0.1) is 0 Å². The van der Waals surface area contributed by atoms with Crippen LogP contribution >= 0.6 is 0 Å². The van der Waals surface area contributed by atoms with E-state index >= 15 is 0 Å². The lowest BCUT2D eigenvalue weighted by Crippen LogP contribution is -2.43. The van der Waals surface area contributed by atoms with Crippen LogP contribution in [0.15, 0.2) is 12.3 Å². The topological polar surface area (TPSA) is 62.3 Å². The zero-order valence-electron chi connectivity index (χ0n) is 10.4. The van der Waals surface area contributed by atoms with Crippen LogP contribution in [0.2, 0.25) is 0 Å².